The summed E-state index contributed by atoms with van der Waals surface area (Å²) in [5, 5.41) is 1.91. The Morgan fingerprint density at radius 1 is 1.00 bits per heavy atom. The normalized spacial score (nSPS) is 21.0. The Morgan fingerprint density at radius 3 is 2.42 bits per heavy atom. The number of benzene rings is 2. The molecular formula is C31H35Cl2IN2O3S. The predicted molar refractivity (Wildman–Crippen MR) is 175 cm³/mol. The molecule has 2 aromatic carbocycles. The topological polar surface area (TPSA) is 51.1 Å². The van der Waals surface area contributed by atoms with Gasteiger partial charge in [-0.25, -0.2) is 0 Å². The van der Waals surface area contributed by atoms with Crippen molar-refractivity contribution in [1.82, 2.24) is 4.90 Å². The van der Waals surface area contributed by atoms with Crippen LogP contribution in [0.2, 0.25) is 10.0 Å². The molecule has 214 valence electrons. The van der Waals surface area contributed by atoms with Crippen molar-refractivity contribution < 1.29 is 14.3 Å². The molecule has 0 radical (unpaired) electrons. The highest BCUT2D eigenvalue weighted by atomic mass is 127. The van der Waals surface area contributed by atoms with Crippen LogP contribution in [-0.4, -0.2) is 34.7 Å². The molecule has 0 bridgehead atoms. The molecule has 2 saturated carbocycles. The Balaban J connectivity index is 1.41. The Hall–Kier alpha value is -1.42. The maximum Gasteiger partial charge on any atom is 0.266 e. The van der Waals surface area contributed by atoms with E-state index in [2.05, 4.69) is 22.6 Å². The zero-order valence-corrected chi connectivity index (χ0v) is 27.3. The van der Waals surface area contributed by atoms with E-state index < -0.39 is 0 Å². The fraction of sp³-hybridized carbons (Fsp3) is 0.484. The largest absolute Gasteiger partial charge is 0.490 e. The lowest BCUT2D eigenvalue weighted by Crippen LogP contribution is -2.41. The maximum atomic E-state index is 13.8. The number of halogens is 3. The van der Waals surface area contributed by atoms with Crippen molar-refractivity contribution in [1.29, 1.82) is 0 Å². The van der Waals surface area contributed by atoms with Crippen LogP contribution in [0.1, 0.15) is 82.3 Å². The van der Waals surface area contributed by atoms with E-state index in [-0.39, 0.29) is 11.9 Å². The van der Waals surface area contributed by atoms with E-state index in [1.54, 1.807) is 6.07 Å². The maximum absolute atomic E-state index is 13.8. The van der Waals surface area contributed by atoms with Gasteiger partial charge in [0, 0.05) is 6.04 Å². The molecule has 1 saturated heterocycles. The lowest BCUT2D eigenvalue weighted by molar-refractivity contribution is -0.124. The Bertz CT molecular complexity index is 1290. The average Bonchev–Trinajstić information content (AvgIpc) is 3.25. The fourth-order valence-corrected chi connectivity index (χ4v) is 7.83. The lowest BCUT2D eigenvalue weighted by Gasteiger charge is -2.31. The second kappa shape index (κ2) is 14.2. The van der Waals surface area contributed by atoms with Crippen LogP contribution in [0.4, 0.5) is 0 Å². The summed E-state index contributed by atoms with van der Waals surface area (Å²) in [5.41, 5.74) is 1.83. The van der Waals surface area contributed by atoms with Gasteiger partial charge in [-0.15, -0.1) is 0 Å². The zero-order chi connectivity index (χ0) is 28.1. The number of hydrogen-bond acceptors (Lipinski definition) is 5. The van der Waals surface area contributed by atoms with E-state index in [4.69, 9.17) is 37.7 Å². The number of thioether (sulfide) groups is 1. The standard InChI is InChI=1S/C31H35Cl2IN2O3S/c1-2-38-27-17-21(16-26(34)29(27)39-19-20-13-14-24(32)25(33)15-20)18-28-30(37)36(23-11-7-4-8-12-23)31(40-28)35-22-9-5-3-6-10-22/h13-18,22-23H,2-12,19H2,1H3. The molecule has 1 heterocycles. The minimum Gasteiger partial charge on any atom is -0.490 e. The van der Waals surface area contributed by atoms with Gasteiger partial charge in [0.1, 0.15) is 6.61 Å². The van der Waals surface area contributed by atoms with Gasteiger partial charge < -0.3 is 9.47 Å². The number of rotatable bonds is 8. The van der Waals surface area contributed by atoms with Crippen molar-refractivity contribution in [2.75, 3.05) is 6.61 Å². The summed E-state index contributed by atoms with van der Waals surface area (Å²) >= 11 is 16.1. The summed E-state index contributed by atoms with van der Waals surface area (Å²) in [4.78, 5) is 21.7. The molecular weight excluding hydrogens is 678 g/mol. The van der Waals surface area contributed by atoms with Crippen LogP contribution in [0, 0.1) is 3.57 Å². The van der Waals surface area contributed by atoms with Crippen LogP contribution >= 0.6 is 57.6 Å². The van der Waals surface area contributed by atoms with Gasteiger partial charge in [0.2, 0.25) is 0 Å². The number of carbonyl (C=O) groups excluding carboxylic acids is 1. The van der Waals surface area contributed by atoms with E-state index in [0.29, 0.717) is 40.8 Å². The summed E-state index contributed by atoms with van der Waals surface area (Å²) in [6.45, 7) is 2.78. The van der Waals surface area contributed by atoms with Gasteiger partial charge in [-0.1, -0.05) is 67.8 Å². The Kier molecular flexibility index (Phi) is 10.6. The highest BCUT2D eigenvalue weighted by Crippen LogP contribution is 2.41. The van der Waals surface area contributed by atoms with Crippen LogP contribution in [-0.2, 0) is 11.4 Å². The molecule has 5 nitrogen and oxygen atoms in total. The van der Waals surface area contributed by atoms with Crippen molar-refractivity contribution in [3.8, 4) is 11.5 Å². The van der Waals surface area contributed by atoms with E-state index in [9.17, 15) is 4.79 Å². The van der Waals surface area contributed by atoms with Crippen molar-refractivity contribution in [2.45, 2.75) is 89.8 Å². The van der Waals surface area contributed by atoms with Gasteiger partial charge in [0.15, 0.2) is 16.7 Å². The molecule has 5 rings (SSSR count). The first kappa shape index (κ1) is 30.1. The van der Waals surface area contributed by atoms with E-state index in [1.165, 1.54) is 50.3 Å². The van der Waals surface area contributed by atoms with Gasteiger partial charge in [-0.2, -0.15) is 0 Å². The lowest BCUT2D eigenvalue weighted by atomic mass is 9.94. The first-order valence-corrected chi connectivity index (χ1v) is 16.9. The number of ether oxygens (including phenoxy) is 2. The molecule has 2 aromatic rings. The molecule has 3 fully saturated rings. The highest BCUT2D eigenvalue weighted by molar-refractivity contribution is 14.1. The third-order valence-corrected chi connectivity index (χ3v) is 10.2. The third kappa shape index (κ3) is 7.31. The number of aliphatic imine (C=N–C) groups is 1. The summed E-state index contributed by atoms with van der Waals surface area (Å²) in [6, 6.07) is 10.0. The zero-order valence-electron chi connectivity index (χ0n) is 22.8. The van der Waals surface area contributed by atoms with Crippen LogP contribution in [0.3, 0.4) is 0 Å². The summed E-state index contributed by atoms with van der Waals surface area (Å²) in [6.07, 6.45) is 13.7. The first-order chi connectivity index (χ1) is 19.4. The molecule has 1 aliphatic heterocycles. The van der Waals surface area contributed by atoms with Crippen molar-refractivity contribution in [2.24, 2.45) is 4.99 Å². The van der Waals surface area contributed by atoms with Crippen molar-refractivity contribution >= 4 is 74.7 Å². The summed E-state index contributed by atoms with van der Waals surface area (Å²) in [7, 11) is 0. The van der Waals surface area contributed by atoms with Crippen molar-refractivity contribution in [3.63, 3.8) is 0 Å². The molecule has 1 amide bonds. The van der Waals surface area contributed by atoms with Gasteiger partial charge in [0.05, 0.1) is 31.2 Å². The second-order valence-electron chi connectivity index (χ2n) is 10.6. The molecule has 0 N–H and O–H groups in total. The van der Waals surface area contributed by atoms with Crippen LogP contribution in [0.25, 0.3) is 6.08 Å². The molecule has 0 spiro atoms. The van der Waals surface area contributed by atoms with Crippen LogP contribution in [0.15, 0.2) is 40.2 Å². The van der Waals surface area contributed by atoms with E-state index in [0.717, 1.165) is 50.5 Å². The highest BCUT2D eigenvalue weighted by Gasteiger charge is 2.39. The van der Waals surface area contributed by atoms with Gasteiger partial charge in [-0.05, 0) is 108 Å². The second-order valence-corrected chi connectivity index (χ2v) is 13.6. The molecule has 40 heavy (non-hydrogen) atoms. The first-order valence-electron chi connectivity index (χ1n) is 14.3. The Morgan fingerprint density at radius 2 is 1.73 bits per heavy atom. The minimum absolute atomic E-state index is 0.0828. The monoisotopic (exact) mass is 712 g/mol. The average molecular weight is 714 g/mol. The minimum atomic E-state index is 0.0828. The number of carbonyl (C=O) groups is 1. The van der Waals surface area contributed by atoms with Gasteiger partial charge in [-0.3, -0.25) is 14.7 Å². The quantitative estimate of drug-likeness (QED) is 0.202. The number of hydrogen-bond donors (Lipinski definition) is 0. The molecule has 9 heteroatoms. The van der Waals surface area contributed by atoms with E-state index in [1.807, 2.05) is 42.2 Å². The number of amidine groups is 1. The molecule has 0 atom stereocenters. The smallest absolute Gasteiger partial charge is 0.266 e. The molecule has 0 aromatic heterocycles. The Labute approximate surface area is 265 Å². The molecule has 2 aliphatic carbocycles. The predicted octanol–water partition coefficient (Wildman–Crippen LogP) is 9.51. The molecule has 3 aliphatic rings. The number of amides is 1. The summed E-state index contributed by atoms with van der Waals surface area (Å²) < 4.78 is 13.1. The van der Waals surface area contributed by atoms with Crippen molar-refractivity contribution in [3.05, 3.63) is 60.0 Å². The number of nitrogens with zero attached hydrogens (tertiary/aromatic N) is 2. The van der Waals surface area contributed by atoms with Crippen LogP contribution in [0.5, 0.6) is 11.5 Å². The fourth-order valence-electron chi connectivity index (χ4n) is 5.61. The SMILES string of the molecule is CCOc1cc(C=C2SC(=NC3CCCCC3)N(C3CCCCC3)C2=O)cc(I)c1OCc1ccc(Cl)c(Cl)c1. The molecule has 0 unspecified atom stereocenters. The third-order valence-electron chi connectivity index (χ3n) is 7.64. The summed E-state index contributed by atoms with van der Waals surface area (Å²) in [5.74, 6) is 1.40. The van der Waals surface area contributed by atoms with E-state index >= 15 is 0 Å². The van der Waals surface area contributed by atoms with Gasteiger partial charge in [0.25, 0.3) is 5.91 Å². The van der Waals surface area contributed by atoms with Crippen LogP contribution < -0.4 is 9.47 Å². The van der Waals surface area contributed by atoms with Gasteiger partial charge >= 0.3 is 0 Å².